The second-order valence-electron chi connectivity index (χ2n) is 5.80. The van der Waals surface area contributed by atoms with Gasteiger partial charge in [-0.25, -0.2) is 9.78 Å². The summed E-state index contributed by atoms with van der Waals surface area (Å²) in [6.07, 6.45) is -1.74. The fourth-order valence-electron chi connectivity index (χ4n) is 2.48. The number of hydroxylamine groups is 2. The molecule has 2 heterocycles. The number of oxime groups is 1. The molecule has 1 aliphatic rings. The van der Waals surface area contributed by atoms with Crippen LogP contribution in [-0.2, 0) is 24.1 Å². The number of nitrogens with zero attached hydrogens (tertiary/aromatic N) is 3. The second-order valence-corrected chi connectivity index (χ2v) is 6.69. The first-order valence-electron chi connectivity index (χ1n) is 8.44. The number of thiazole rings is 1. The quantitative estimate of drug-likeness (QED) is 0.377. The Kier molecular flexibility index (Phi) is 6.44. The van der Waals surface area contributed by atoms with Crippen LogP contribution in [0.2, 0.25) is 0 Å². The van der Waals surface area contributed by atoms with Gasteiger partial charge in [0.1, 0.15) is 31.2 Å². The zero-order chi connectivity index (χ0) is 21.7. The number of carboxylic acids is 1. The van der Waals surface area contributed by atoms with Crippen LogP contribution in [0.4, 0.5) is 5.13 Å². The van der Waals surface area contributed by atoms with E-state index in [2.05, 4.69) is 20.3 Å². The monoisotopic (exact) mass is 435 g/mol. The lowest BCUT2D eigenvalue weighted by Gasteiger charge is -2.23. The molecule has 158 valence electrons. The Morgan fingerprint density at radius 1 is 1.43 bits per heavy atom. The van der Waals surface area contributed by atoms with Crippen LogP contribution in [0.15, 0.2) is 40.9 Å². The smallest absolute Gasteiger partial charge is 0.369 e. The van der Waals surface area contributed by atoms with E-state index in [1.54, 1.807) is 18.2 Å². The van der Waals surface area contributed by atoms with Crippen molar-refractivity contribution >= 4 is 40.0 Å². The summed E-state index contributed by atoms with van der Waals surface area (Å²) < 4.78 is 5.34. The SMILES string of the molecule is CO/N=C(\C(=O)N[C@H]1CON(C(Oc2ccccc2)C(=O)O)C1=O)c1csc(N)n1. The lowest BCUT2D eigenvalue weighted by molar-refractivity contribution is -0.211. The number of aromatic nitrogens is 1. The average molecular weight is 435 g/mol. The third-order valence-corrected chi connectivity index (χ3v) is 4.45. The molecule has 1 aromatic heterocycles. The van der Waals surface area contributed by atoms with Gasteiger partial charge in [-0.05, 0) is 12.1 Å². The Morgan fingerprint density at radius 2 is 2.17 bits per heavy atom. The van der Waals surface area contributed by atoms with Crippen LogP contribution in [0.3, 0.4) is 0 Å². The van der Waals surface area contributed by atoms with E-state index >= 15 is 0 Å². The largest absolute Gasteiger partial charge is 0.477 e. The Bertz CT molecular complexity index is 964. The predicted molar refractivity (Wildman–Crippen MR) is 103 cm³/mol. The van der Waals surface area contributed by atoms with E-state index in [0.29, 0.717) is 5.06 Å². The molecule has 30 heavy (non-hydrogen) atoms. The van der Waals surface area contributed by atoms with Crippen molar-refractivity contribution in [1.29, 1.82) is 0 Å². The maximum Gasteiger partial charge on any atom is 0.369 e. The van der Waals surface area contributed by atoms with E-state index in [0.717, 1.165) is 11.3 Å². The number of carboxylic acid groups (broad SMARTS) is 1. The normalized spacial score (nSPS) is 17.5. The maximum absolute atomic E-state index is 12.6. The molecule has 2 amide bonds. The number of nitrogens with one attached hydrogen (secondary N) is 1. The average Bonchev–Trinajstić information content (AvgIpc) is 3.31. The van der Waals surface area contributed by atoms with Gasteiger partial charge in [-0.1, -0.05) is 23.4 Å². The zero-order valence-corrected chi connectivity index (χ0v) is 16.4. The number of hydrogen-bond acceptors (Lipinski definition) is 10. The minimum atomic E-state index is -1.74. The number of anilines is 1. The van der Waals surface area contributed by atoms with E-state index in [1.807, 2.05) is 0 Å². The molecular weight excluding hydrogens is 418 g/mol. The number of aliphatic carboxylic acids is 1. The highest BCUT2D eigenvalue weighted by Crippen LogP contribution is 2.19. The highest BCUT2D eigenvalue weighted by atomic mass is 32.1. The Balaban J connectivity index is 1.71. The van der Waals surface area contributed by atoms with Crippen molar-refractivity contribution < 1.29 is 33.9 Å². The summed E-state index contributed by atoms with van der Waals surface area (Å²) in [7, 11) is 1.24. The zero-order valence-electron chi connectivity index (χ0n) is 15.5. The van der Waals surface area contributed by atoms with Gasteiger partial charge >= 0.3 is 5.97 Å². The van der Waals surface area contributed by atoms with Gasteiger partial charge in [0.05, 0.1) is 0 Å². The molecule has 4 N–H and O–H groups in total. The van der Waals surface area contributed by atoms with Crippen molar-refractivity contribution in [2.45, 2.75) is 12.3 Å². The van der Waals surface area contributed by atoms with Gasteiger partial charge in [0.15, 0.2) is 10.8 Å². The number of ether oxygens (including phenoxy) is 1. The summed E-state index contributed by atoms with van der Waals surface area (Å²) in [4.78, 5) is 50.6. The molecular formula is C17H17N5O7S. The summed E-state index contributed by atoms with van der Waals surface area (Å²) in [5, 5.41) is 17.8. The summed E-state index contributed by atoms with van der Waals surface area (Å²) in [5.41, 5.74) is 5.53. The topological polar surface area (TPSA) is 166 Å². The molecule has 1 saturated heterocycles. The lowest BCUT2D eigenvalue weighted by atomic mass is 10.2. The molecule has 0 spiro atoms. The Labute approximate surface area is 173 Å². The highest BCUT2D eigenvalue weighted by molar-refractivity contribution is 7.13. The minimum Gasteiger partial charge on any atom is -0.477 e. The summed E-state index contributed by atoms with van der Waals surface area (Å²) in [6, 6.07) is 6.90. The fourth-order valence-corrected chi connectivity index (χ4v) is 3.02. The predicted octanol–water partition coefficient (Wildman–Crippen LogP) is -0.176. The van der Waals surface area contributed by atoms with E-state index in [-0.39, 0.29) is 28.9 Å². The van der Waals surface area contributed by atoms with Crippen LogP contribution in [0.5, 0.6) is 5.75 Å². The summed E-state index contributed by atoms with van der Waals surface area (Å²) >= 11 is 1.10. The Morgan fingerprint density at radius 3 is 2.77 bits per heavy atom. The number of carbonyl (C=O) groups is 3. The van der Waals surface area contributed by atoms with Gasteiger partial charge in [0.2, 0.25) is 0 Å². The lowest BCUT2D eigenvalue weighted by Crippen LogP contribution is -2.50. The molecule has 2 aromatic rings. The molecule has 12 nitrogen and oxygen atoms in total. The van der Waals surface area contributed by atoms with Crippen LogP contribution < -0.4 is 15.8 Å². The number of benzene rings is 1. The molecule has 1 fully saturated rings. The Hall–Kier alpha value is -3.71. The van der Waals surface area contributed by atoms with Gasteiger partial charge in [0, 0.05) is 5.38 Å². The maximum atomic E-state index is 12.6. The molecule has 0 radical (unpaired) electrons. The third kappa shape index (κ3) is 4.64. The number of nitrogens with two attached hydrogens (primary N) is 1. The third-order valence-electron chi connectivity index (χ3n) is 3.78. The number of carbonyl (C=O) groups excluding carboxylic acids is 2. The number of amides is 2. The van der Waals surface area contributed by atoms with Crippen molar-refractivity contribution in [1.82, 2.24) is 15.4 Å². The van der Waals surface area contributed by atoms with E-state index < -0.39 is 30.1 Å². The van der Waals surface area contributed by atoms with E-state index in [1.165, 1.54) is 24.6 Å². The van der Waals surface area contributed by atoms with Gasteiger partial charge < -0.3 is 25.7 Å². The molecule has 0 saturated carbocycles. The van der Waals surface area contributed by atoms with Crippen LogP contribution in [0.1, 0.15) is 5.69 Å². The number of para-hydroxylation sites is 1. The van der Waals surface area contributed by atoms with Crippen molar-refractivity contribution in [2.24, 2.45) is 5.16 Å². The molecule has 1 aromatic carbocycles. The van der Waals surface area contributed by atoms with Crippen LogP contribution in [-0.4, -0.2) is 64.6 Å². The van der Waals surface area contributed by atoms with Crippen LogP contribution in [0.25, 0.3) is 0 Å². The number of nitrogen functional groups attached to an aromatic ring is 1. The van der Waals surface area contributed by atoms with Crippen molar-refractivity contribution in [3.05, 3.63) is 41.4 Å². The van der Waals surface area contributed by atoms with Gasteiger partial charge in [0.25, 0.3) is 18.0 Å². The van der Waals surface area contributed by atoms with Gasteiger partial charge in [-0.2, -0.15) is 5.06 Å². The van der Waals surface area contributed by atoms with Gasteiger partial charge in [-0.15, -0.1) is 11.3 Å². The molecule has 1 unspecified atom stereocenters. The van der Waals surface area contributed by atoms with E-state index in [9.17, 15) is 19.5 Å². The fraction of sp³-hybridized carbons (Fsp3) is 0.235. The van der Waals surface area contributed by atoms with E-state index in [4.69, 9.17) is 15.3 Å². The van der Waals surface area contributed by atoms with Crippen molar-refractivity contribution in [3.8, 4) is 5.75 Å². The first-order chi connectivity index (χ1) is 14.4. The molecule has 0 aliphatic carbocycles. The summed E-state index contributed by atoms with van der Waals surface area (Å²) in [5.74, 6) is -2.80. The number of hydrogen-bond donors (Lipinski definition) is 3. The molecule has 1 aliphatic heterocycles. The van der Waals surface area contributed by atoms with Crippen LogP contribution in [0, 0.1) is 0 Å². The van der Waals surface area contributed by atoms with Crippen LogP contribution >= 0.6 is 11.3 Å². The molecule has 0 bridgehead atoms. The summed E-state index contributed by atoms with van der Waals surface area (Å²) in [6.45, 7) is -0.300. The first-order valence-corrected chi connectivity index (χ1v) is 9.32. The second kappa shape index (κ2) is 9.19. The standard InChI is InChI=1S/C17H17N5O7S/c1-27-21-12(11-8-30-17(18)20-11)13(23)19-10-7-28-22(14(10)24)15(16(25)26)29-9-5-3-2-4-6-9/h2-6,8,10,15H,7H2,1H3,(H2,18,20)(H,19,23)(H,25,26)/b21-12-/t10-,15?/m0/s1. The highest BCUT2D eigenvalue weighted by Gasteiger charge is 2.43. The molecule has 2 atom stereocenters. The molecule has 3 rings (SSSR count). The van der Waals surface area contributed by atoms with Crippen molar-refractivity contribution in [3.63, 3.8) is 0 Å². The molecule has 13 heteroatoms. The first kappa shape index (κ1) is 21.0. The van der Waals surface area contributed by atoms with Crippen molar-refractivity contribution in [2.75, 3.05) is 19.5 Å². The minimum absolute atomic E-state index is 0.163. The number of rotatable bonds is 8. The van der Waals surface area contributed by atoms with Gasteiger partial charge in [-0.3, -0.25) is 14.4 Å².